The summed E-state index contributed by atoms with van der Waals surface area (Å²) in [6.07, 6.45) is 6.39. The molecule has 27 heavy (non-hydrogen) atoms. The molecule has 3 aromatic heterocycles. The van der Waals surface area contributed by atoms with Gasteiger partial charge in [-0.15, -0.1) is 23.1 Å². The SMILES string of the molecule is CCSc1cc(-n2cnc3nc(-c4cncnc4)sc3c2=O)c(C)cc1C. The molecule has 0 aliphatic rings. The lowest BCUT2D eigenvalue weighted by Gasteiger charge is -2.13. The summed E-state index contributed by atoms with van der Waals surface area (Å²) in [6, 6.07) is 4.18. The molecule has 1 aromatic carbocycles. The third kappa shape index (κ3) is 3.26. The van der Waals surface area contributed by atoms with Gasteiger partial charge in [0.05, 0.1) is 5.69 Å². The highest BCUT2D eigenvalue weighted by molar-refractivity contribution is 7.99. The normalized spacial score (nSPS) is 11.2. The van der Waals surface area contributed by atoms with Crippen LogP contribution in [-0.4, -0.2) is 30.3 Å². The number of fused-ring (bicyclic) bond motifs is 1. The average Bonchev–Trinajstić information content (AvgIpc) is 3.11. The van der Waals surface area contributed by atoms with Gasteiger partial charge in [-0.2, -0.15) is 0 Å². The van der Waals surface area contributed by atoms with Gasteiger partial charge in [-0.05, 0) is 36.8 Å². The van der Waals surface area contributed by atoms with E-state index < -0.39 is 0 Å². The van der Waals surface area contributed by atoms with E-state index in [1.165, 1.54) is 28.1 Å². The molecule has 0 amide bonds. The molecule has 0 aliphatic heterocycles. The number of hydrogen-bond donors (Lipinski definition) is 0. The number of thioether (sulfide) groups is 1. The number of rotatable bonds is 4. The second-order valence-electron chi connectivity index (χ2n) is 6.06. The molecule has 0 atom stereocenters. The zero-order chi connectivity index (χ0) is 19.0. The van der Waals surface area contributed by atoms with Crippen LogP contribution >= 0.6 is 23.1 Å². The standard InChI is InChI=1S/C19H17N5OS2/c1-4-26-15-6-14(11(2)5-12(15)3)24-10-22-17-16(19(24)25)27-18(23-17)13-7-20-9-21-8-13/h5-10H,4H2,1-3H3. The van der Waals surface area contributed by atoms with Gasteiger partial charge in [-0.25, -0.2) is 19.9 Å². The first-order valence-electron chi connectivity index (χ1n) is 8.46. The summed E-state index contributed by atoms with van der Waals surface area (Å²) in [5.41, 5.74) is 4.23. The number of hydrogen-bond acceptors (Lipinski definition) is 7. The molecule has 0 saturated heterocycles. The van der Waals surface area contributed by atoms with Crippen molar-refractivity contribution in [2.24, 2.45) is 0 Å². The molecular formula is C19H17N5OS2. The van der Waals surface area contributed by atoms with Crippen LogP contribution in [0.1, 0.15) is 18.1 Å². The maximum absolute atomic E-state index is 13.1. The van der Waals surface area contributed by atoms with Crippen LogP contribution in [0.3, 0.4) is 0 Å². The van der Waals surface area contributed by atoms with E-state index in [0.717, 1.165) is 22.6 Å². The molecule has 6 nitrogen and oxygen atoms in total. The first-order valence-corrected chi connectivity index (χ1v) is 10.3. The van der Waals surface area contributed by atoms with Gasteiger partial charge in [-0.1, -0.05) is 13.0 Å². The molecule has 0 radical (unpaired) electrons. The fourth-order valence-corrected chi connectivity index (χ4v) is 4.63. The third-order valence-electron chi connectivity index (χ3n) is 4.18. The summed E-state index contributed by atoms with van der Waals surface area (Å²) in [5, 5.41) is 0.691. The van der Waals surface area contributed by atoms with Gasteiger partial charge in [0, 0.05) is 22.9 Å². The van der Waals surface area contributed by atoms with Crippen molar-refractivity contribution < 1.29 is 0 Å². The summed E-state index contributed by atoms with van der Waals surface area (Å²) in [4.78, 5) is 31.2. The van der Waals surface area contributed by atoms with E-state index in [2.05, 4.69) is 45.9 Å². The Morgan fingerprint density at radius 2 is 1.93 bits per heavy atom. The Balaban J connectivity index is 1.88. The van der Waals surface area contributed by atoms with Crippen LogP contribution in [-0.2, 0) is 0 Å². The van der Waals surface area contributed by atoms with Crippen LogP contribution in [0.15, 0.2) is 46.9 Å². The van der Waals surface area contributed by atoms with Gasteiger partial charge in [0.25, 0.3) is 5.56 Å². The van der Waals surface area contributed by atoms with E-state index in [1.807, 2.05) is 6.92 Å². The highest BCUT2D eigenvalue weighted by atomic mass is 32.2. The monoisotopic (exact) mass is 395 g/mol. The van der Waals surface area contributed by atoms with Crippen molar-refractivity contribution in [3.63, 3.8) is 0 Å². The number of aryl methyl sites for hydroxylation is 2. The van der Waals surface area contributed by atoms with Crippen molar-refractivity contribution in [3.8, 4) is 16.3 Å². The smallest absolute Gasteiger partial charge is 0.267 e. The number of benzene rings is 1. The summed E-state index contributed by atoms with van der Waals surface area (Å²) in [6.45, 7) is 6.23. The lowest BCUT2D eigenvalue weighted by molar-refractivity contribution is 0.943. The predicted molar refractivity (Wildman–Crippen MR) is 110 cm³/mol. The van der Waals surface area contributed by atoms with Crippen molar-refractivity contribution in [2.75, 3.05) is 5.75 Å². The zero-order valence-corrected chi connectivity index (χ0v) is 16.8. The molecule has 136 valence electrons. The highest BCUT2D eigenvalue weighted by Crippen LogP contribution is 2.29. The number of nitrogens with zero attached hydrogens (tertiary/aromatic N) is 5. The Labute approximate surface area is 164 Å². The van der Waals surface area contributed by atoms with E-state index in [9.17, 15) is 4.79 Å². The molecule has 0 unspecified atom stereocenters. The van der Waals surface area contributed by atoms with Crippen LogP contribution in [0, 0.1) is 13.8 Å². The molecular weight excluding hydrogens is 378 g/mol. The molecule has 0 aliphatic carbocycles. The minimum Gasteiger partial charge on any atom is -0.267 e. The third-order valence-corrected chi connectivity index (χ3v) is 6.30. The van der Waals surface area contributed by atoms with Crippen molar-refractivity contribution in [1.82, 2.24) is 24.5 Å². The lowest BCUT2D eigenvalue weighted by atomic mass is 10.1. The Bertz CT molecular complexity index is 1180. The second kappa shape index (κ2) is 7.21. The number of thiazole rings is 1. The van der Waals surface area contributed by atoms with E-state index in [4.69, 9.17) is 0 Å². The summed E-state index contributed by atoms with van der Waals surface area (Å²) in [5.74, 6) is 0.979. The average molecular weight is 396 g/mol. The molecule has 0 spiro atoms. The maximum Gasteiger partial charge on any atom is 0.277 e. The van der Waals surface area contributed by atoms with Crippen LogP contribution < -0.4 is 5.56 Å². The van der Waals surface area contributed by atoms with E-state index in [1.54, 1.807) is 35.0 Å². The van der Waals surface area contributed by atoms with Gasteiger partial charge < -0.3 is 0 Å². The molecule has 0 saturated carbocycles. The van der Waals surface area contributed by atoms with Crippen molar-refractivity contribution in [1.29, 1.82) is 0 Å². The second-order valence-corrected chi connectivity index (χ2v) is 8.36. The van der Waals surface area contributed by atoms with Crippen LogP contribution in [0.4, 0.5) is 0 Å². The Hall–Kier alpha value is -2.58. The Morgan fingerprint density at radius 3 is 2.67 bits per heavy atom. The van der Waals surface area contributed by atoms with Gasteiger partial charge >= 0.3 is 0 Å². The Morgan fingerprint density at radius 1 is 1.15 bits per heavy atom. The largest absolute Gasteiger partial charge is 0.277 e. The summed E-state index contributed by atoms with van der Waals surface area (Å²) < 4.78 is 2.14. The van der Waals surface area contributed by atoms with Gasteiger partial charge in [0.1, 0.15) is 22.4 Å². The van der Waals surface area contributed by atoms with Crippen LogP contribution in [0.5, 0.6) is 0 Å². The van der Waals surface area contributed by atoms with Crippen molar-refractivity contribution >= 4 is 33.4 Å². The predicted octanol–water partition coefficient (Wildman–Crippen LogP) is 4.03. The molecule has 3 heterocycles. The van der Waals surface area contributed by atoms with Crippen molar-refractivity contribution in [3.05, 3.63) is 58.7 Å². The fourth-order valence-electron chi connectivity index (χ4n) is 2.91. The van der Waals surface area contributed by atoms with Crippen molar-refractivity contribution in [2.45, 2.75) is 25.7 Å². The molecule has 4 aromatic rings. The minimum absolute atomic E-state index is 0.111. The highest BCUT2D eigenvalue weighted by Gasteiger charge is 2.15. The first-order chi connectivity index (χ1) is 13.1. The maximum atomic E-state index is 13.1. The first kappa shape index (κ1) is 17.8. The van der Waals surface area contributed by atoms with Gasteiger partial charge in [0.15, 0.2) is 5.65 Å². The lowest BCUT2D eigenvalue weighted by Crippen LogP contribution is -2.19. The molecule has 0 fully saturated rings. The van der Waals surface area contributed by atoms with E-state index >= 15 is 0 Å². The zero-order valence-electron chi connectivity index (χ0n) is 15.1. The summed E-state index contributed by atoms with van der Waals surface area (Å²) in [7, 11) is 0. The number of aromatic nitrogens is 5. The van der Waals surface area contributed by atoms with E-state index in [-0.39, 0.29) is 5.56 Å². The molecule has 8 heteroatoms. The Kier molecular flexibility index (Phi) is 4.75. The molecule has 4 rings (SSSR count). The van der Waals surface area contributed by atoms with E-state index in [0.29, 0.717) is 15.4 Å². The topological polar surface area (TPSA) is 73.6 Å². The fraction of sp³-hybridized carbons (Fsp3) is 0.211. The van der Waals surface area contributed by atoms with Crippen LogP contribution in [0.2, 0.25) is 0 Å². The molecule has 0 bridgehead atoms. The van der Waals surface area contributed by atoms with Gasteiger partial charge in [0.2, 0.25) is 0 Å². The summed E-state index contributed by atoms with van der Waals surface area (Å²) >= 11 is 3.09. The van der Waals surface area contributed by atoms with Gasteiger partial charge in [-0.3, -0.25) is 9.36 Å². The molecule has 0 N–H and O–H groups in total. The minimum atomic E-state index is -0.111. The van der Waals surface area contributed by atoms with Crippen LogP contribution in [0.25, 0.3) is 26.6 Å². The quantitative estimate of drug-likeness (QED) is 0.486.